The number of carbonyl (C=O) groups excluding carboxylic acids is 1. The Morgan fingerprint density at radius 2 is 1.83 bits per heavy atom. The smallest absolute Gasteiger partial charge is 0.277 e. The van der Waals surface area contributed by atoms with Gasteiger partial charge in [-0.3, -0.25) is 19.4 Å². The Kier molecular flexibility index (Phi) is 3.91. The van der Waals surface area contributed by atoms with Crippen molar-refractivity contribution in [3.8, 4) is 0 Å². The fourth-order valence-corrected chi connectivity index (χ4v) is 3.57. The molecule has 2 aliphatic heterocycles. The molecule has 2 aromatic rings. The molecule has 2 aliphatic rings. The number of hydrogen-bond acceptors (Lipinski definition) is 5. The van der Waals surface area contributed by atoms with E-state index in [1.165, 1.54) is 9.47 Å². The van der Waals surface area contributed by atoms with Crippen molar-refractivity contribution in [2.75, 3.05) is 39.4 Å². The van der Waals surface area contributed by atoms with E-state index in [4.69, 9.17) is 17.0 Å². The number of pyridine rings is 1. The molecule has 1 amide bonds. The summed E-state index contributed by atoms with van der Waals surface area (Å²) in [7, 11) is 0. The molecule has 0 spiro atoms. The predicted octanol–water partition coefficient (Wildman–Crippen LogP) is 0.923. The Bertz CT molecular complexity index is 886. The summed E-state index contributed by atoms with van der Waals surface area (Å²) < 4.78 is 6.69. The molecule has 0 unspecified atom stereocenters. The summed E-state index contributed by atoms with van der Waals surface area (Å²) in [6.07, 6.45) is 0. The van der Waals surface area contributed by atoms with E-state index in [0.717, 1.165) is 25.0 Å². The second-order valence-corrected chi connectivity index (χ2v) is 6.32. The minimum absolute atomic E-state index is 0.198. The summed E-state index contributed by atoms with van der Waals surface area (Å²) >= 11 is 5.41. The third-order valence-electron chi connectivity index (χ3n) is 4.56. The van der Waals surface area contributed by atoms with Crippen molar-refractivity contribution in [2.24, 2.45) is 0 Å². The second-order valence-electron chi connectivity index (χ2n) is 5.95. The van der Waals surface area contributed by atoms with Gasteiger partial charge in [0, 0.05) is 31.6 Å². The van der Waals surface area contributed by atoms with Gasteiger partial charge in [-0.2, -0.15) is 0 Å². The van der Waals surface area contributed by atoms with Crippen LogP contribution in [0.3, 0.4) is 0 Å². The number of thiocarbonyl (C=S) groups is 1. The van der Waals surface area contributed by atoms with Crippen LogP contribution < -0.4 is 5.56 Å². The van der Waals surface area contributed by atoms with Crippen LogP contribution in [-0.4, -0.2) is 64.8 Å². The molecule has 124 valence electrons. The van der Waals surface area contributed by atoms with Gasteiger partial charge in [-0.25, -0.2) is 4.57 Å². The van der Waals surface area contributed by atoms with Crippen molar-refractivity contribution >= 4 is 34.0 Å². The number of morpholine rings is 1. The van der Waals surface area contributed by atoms with E-state index in [0.29, 0.717) is 30.8 Å². The van der Waals surface area contributed by atoms with E-state index in [-0.39, 0.29) is 16.6 Å². The molecule has 24 heavy (non-hydrogen) atoms. The maximum Gasteiger partial charge on any atom is 0.277 e. The topological polar surface area (TPSA) is 54.8 Å². The third-order valence-corrected chi connectivity index (χ3v) is 4.96. The van der Waals surface area contributed by atoms with Gasteiger partial charge in [0.2, 0.25) is 0 Å². The number of nitrogens with zero attached hydrogens (tertiary/aromatic N) is 3. The highest BCUT2D eigenvalue weighted by atomic mass is 32.1. The number of benzene rings is 1. The maximum absolute atomic E-state index is 12.7. The highest BCUT2D eigenvalue weighted by Gasteiger charge is 2.34. The van der Waals surface area contributed by atoms with Crippen molar-refractivity contribution in [3.05, 3.63) is 46.4 Å². The van der Waals surface area contributed by atoms with Gasteiger partial charge >= 0.3 is 0 Å². The van der Waals surface area contributed by atoms with E-state index < -0.39 is 0 Å². The zero-order chi connectivity index (χ0) is 16.7. The summed E-state index contributed by atoms with van der Waals surface area (Å²) in [5, 5.41) is 1.62. The van der Waals surface area contributed by atoms with Crippen molar-refractivity contribution in [3.63, 3.8) is 0 Å². The summed E-state index contributed by atoms with van der Waals surface area (Å²) in [5.41, 5.74) is 0.126. The largest absolute Gasteiger partial charge is 0.379 e. The third kappa shape index (κ3) is 2.45. The van der Waals surface area contributed by atoms with Crippen LogP contribution in [0.1, 0.15) is 10.5 Å². The second kappa shape index (κ2) is 6.08. The molecule has 1 aromatic carbocycles. The van der Waals surface area contributed by atoms with E-state index in [9.17, 15) is 9.59 Å². The fraction of sp³-hybridized carbons (Fsp3) is 0.353. The molecule has 0 radical (unpaired) electrons. The van der Waals surface area contributed by atoms with Crippen LogP contribution in [0.15, 0.2) is 35.1 Å². The lowest BCUT2D eigenvalue weighted by atomic mass is 10.1. The monoisotopic (exact) mass is 343 g/mol. The Hall–Kier alpha value is -2.09. The van der Waals surface area contributed by atoms with Crippen LogP contribution in [0.25, 0.3) is 10.8 Å². The normalized spacial score (nSPS) is 18.4. The van der Waals surface area contributed by atoms with Crippen molar-refractivity contribution in [1.29, 1.82) is 0 Å². The fourth-order valence-electron chi connectivity index (χ4n) is 3.22. The minimum Gasteiger partial charge on any atom is -0.379 e. The molecule has 0 N–H and O–H groups in total. The molecule has 4 rings (SSSR count). The van der Waals surface area contributed by atoms with Gasteiger partial charge in [-0.1, -0.05) is 18.2 Å². The maximum atomic E-state index is 12.7. The SMILES string of the molecule is O=C1c2cc3ccccc3c(=O)n2C(=S)N1CCN1CCOCC1. The lowest BCUT2D eigenvalue weighted by molar-refractivity contribution is 0.0357. The van der Waals surface area contributed by atoms with Gasteiger partial charge in [0.05, 0.1) is 13.2 Å². The standard InChI is InChI=1S/C17H17N3O3S/c21-15-13-4-2-1-3-12(13)11-14-16(22)19(17(24)20(14)15)6-5-18-7-9-23-10-8-18/h1-4,11H,5-10H2. The average molecular weight is 343 g/mol. The van der Waals surface area contributed by atoms with Crippen LogP contribution in [0.2, 0.25) is 0 Å². The Labute approximate surface area is 144 Å². The zero-order valence-corrected chi connectivity index (χ0v) is 13.9. The van der Waals surface area contributed by atoms with Crippen LogP contribution >= 0.6 is 12.2 Å². The molecule has 1 aromatic heterocycles. The first-order valence-electron chi connectivity index (χ1n) is 7.98. The van der Waals surface area contributed by atoms with Gasteiger partial charge in [0.1, 0.15) is 5.69 Å². The van der Waals surface area contributed by atoms with Gasteiger partial charge in [-0.15, -0.1) is 0 Å². The van der Waals surface area contributed by atoms with Crippen LogP contribution in [-0.2, 0) is 4.74 Å². The summed E-state index contributed by atoms with van der Waals surface area (Å²) in [6.45, 7) is 4.33. The van der Waals surface area contributed by atoms with Gasteiger partial charge in [0.25, 0.3) is 11.5 Å². The number of aromatic nitrogens is 1. The zero-order valence-electron chi connectivity index (χ0n) is 13.1. The molecule has 0 saturated carbocycles. The Balaban J connectivity index is 1.64. The number of rotatable bonds is 3. The first-order valence-corrected chi connectivity index (χ1v) is 8.39. The van der Waals surface area contributed by atoms with Crippen molar-refractivity contribution in [1.82, 2.24) is 14.4 Å². The summed E-state index contributed by atoms with van der Waals surface area (Å²) in [6, 6.07) is 9.01. The van der Waals surface area contributed by atoms with Crippen LogP contribution in [0.4, 0.5) is 0 Å². The predicted molar refractivity (Wildman–Crippen MR) is 94.5 cm³/mol. The molecule has 0 bridgehead atoms. The number of hydrogen-bond donors (Lipinski definition) is 0. The van der Waals surface area contributed by atoms with Crippen LogP contribution in [0.5, 0.6) is 0 Å². The highest BCUT2D eigenvalue weighted by Crippen LogP contribution is 2.19. The Morgan fingerprint density at radius 3 is 2.62 bits per heavy atom. The van der Waals surface area contributed by atoms with Crippen molar-refractivity contribution < 1.29 is 9.53 Å². The van der Waals surface area contributed by atoms with Crippen LogP contribution in [0, 0.1) is 0 Å². The molecule has 1 fully saturated rings. The first kappa shape index (κ1) is 15.4. The lowest BCUT2D eigenvalue weighted by Crippen LogP contribution is -2.43. The van der Waals surface area contributed by atoms with E-state index in [1.54, 1.807) is 12.1 Å². The quantitative estimate of drug-likeness (QED) is 0.776. The first-order chi connectivity index (χ1) is 11.7. The number of ether oxygens (including phenoxy) is 1. The van der Waals surface area contributed by atoms with Gasteiger partial charge < -0.3 is 4.74 Å². The summed E-state index contributed by atoms with van der Waals surface area (Å²) in [4.78, 5) is 29.2. The summed E-state index contributed by atoms with van der Waals surface area (Å²) in [5.74, 6) is -0.198. The molecular weight excluding hydrogens is 326 g/mol. The van der Waals surface area contributed by atoms with Gasteiger partial charge in [-0.05, 0) is 29.7 Å². The molecular formula is C17H17N3O3S. The molecule has 1 saturated heterocycles. The average Bonchev–Trinajstić information content (AvgIpc) is 2.85. The van der Waals surface area contributed by atoms with E-state index in [2.05, 4.69) is 4.90 Å². The molecule has 0 atom stereocenters. The number of carbonyl (C=O) groups is 1. The molecule has 6 nitrogen and oxygen atoms in total. The Morgan fingerprint density at radius 1 is 1.08 bits per heavy atom. The minimum atomic E-state index is -0.227. The van der Waals surface area contributed by atoms with E-state index in [1.807, 2.05) is 18.2 Å². The molecule has 7 heteroatoms. The van der Waals surface area contributed by atoms with E-state index >= 15 is 0 Å². The molecule has 3 heterocycles. The molecule has 0 aliphatic carbocycles. The van der Waals surface area contributed by atoms with Crippen molar-refractivity contribution in [2.45, 2.75) is 0 Å². The highest BCUT2D eigenvalue weighted by molar-refractivity contribution is 7.80. The van der Waals surface area contributed by atoms with Gasteiger partial charge in [0.15, 0.2) is 5.11 Å². The number of amides is 1. The lowest BCUT2D eigenvalue weighted by Gasteiger charge is -2.28. The number of fused-ring (bicyclic) bond motifs is 2.